The second-order valence-corrected chi connectivity index (χ2v) is 14.9. The highest BCUT2D eigenvalue weighted by Crippen LogP contribution is 2.51. The summed E-state index contributed by atoms with van der Waals surface area (Å²) in [5.74, 6) is 1.77. The molecule has 0 amide bonds. The fourth-order valence-electron chi connectivity index (χ4n) is 8.93. The van der Waals surface area contributed by atoms with Gasteiger partial charge in [0.05, 0.1) is 11.6 Å². The van der Waals surface area contributed by atoms with Gasteiger partial charge < -0.3 is 0 Å². The van der Waals surface area contributed by atoms with Gasteiger partial charge >= 0.3 is 0 Å². The molecule has 11 rings (SSSR count). The first-order chi connectivity index (χ1) is 29.7. The van der Waals surface area contributed by atoms with Gasteiger partial charge in [0.2, 0.25) is 0 Å². The third-order valence-corrected chi connectivity index (χ3v) is 11.6. The van der Waals surface area contributed by atoms with Crippen LogP contribution in [0.15, 0.2) is 206 Å². The maximum atomic E-state index is 10.8. The van der Waals surface area contributed by atoms with Gasteiger partial charge in [-0.25, -0.2) is 15.0 Å². The van der Waals surface area contributed by atoms with E-state index in [1.165, 1.54) is 33.0 Å². The van der Waals surface area contributed by atoms with E-state index in [0.717, 1.165) is 61.2 Å². The van der Waals surface area contributed by atoms with E-state index in [0.29, 0.717) is 23.0 Å². The van der Waals surface area contributed by atoms with Crippen LogP contribution in [0.3, 0.4) is 0 Å². The van der Waals surface area contributed by atoms with Crippen LogP contribution in [0.5, 0.6) is 0 Å². The Morgan fingerprint density at radius 2 is 0.667 bits per heavy atom. The van der Waals surface area contributed by atoms with Crippen molar-refractivity contribution < 1.29 is 0 Å². The number of rotatable bonds is 7. The summed E-state index contributed by atoms with van der Waals surface area (Å²) in [5.41, 5.74) is 16.4. The molecule has 0 N–H and O–H groups in total. The molecule has 0 atom stereocenters. The van der Waals surface area contributed by atoms with Crippen LogP contribution in [0.1, 0.15) is 5.56 Å². The molecule has 0 unspecified atom stereocenters. The number of nitriles is 1. The van der Waals surface area contributed by atoms with Crippen LogP contribution >= 0.6 is 0 Å². The van der Waals surface area contributed by atoms with Gasteiger partial charge in [0.25, 0.3) is 0 Å². The van der Waals surface area contributed by atoms with E-state index in [9.17, 15) is 5.26 Å². The number of nitrogens with zero attached hydrogens (tertiary/aromatic N) is 4. The number of hydrogen-bond acceptors (Lipinski definition) is 4. The van der Waals surface area contributed by atoms with E-state index in [2.05, 4.69) is 127 Å². The van der Waals surface area contributed by atoms with E-state index in [-0.39, 0.29) is 0 Å². The molecule has 0 spiro atoms. The van der Waals surface area contributed by atoms with Crippen molar-refractivity contribution in [2.45, 2.75) is 0 Å². The molecule has 0 radical (unpaired) electrons. The normalized spacial score (nSPS) is 11.3. The van der Waals surface area contributed by atoms with Crippen molar-refractivity contribution in [3.8, 4) is 107 Å². The average molecular weight is 763 g/mol. The molecule has 9 aromatic carbocycles. The Balaban J connectivity index is 1.10. The molecule has 0 fully saturated rings. The van der Waals surface area contributed by atoms with E-state index >= 15 is 0 Å². The predicted molar refractivity (Wildman–Crippen MR) is 245 cm³/mol. The molecule has 0 aliphatic heterocycles. The van der Waals surface area contributed by atoms with Crippen molar-refractivity contribution in [3.05, 3.63) is 212 Å². The number of aromatic nitrogens is 3. The minimum absolute atomic E-state index is 0.571. The van der Waals surface area contributed by atoms with Crippen molar-refractivity contribution in [2.24, 2.45) is 0 Å². The van der Waals surface area contributed by atoms with Gasteiger partial charge in [-0.05, 0) is 78.0 Å². The summed E-state index contributed by atoms with van der Waals surface area (Å²) in [5, 5.41) is 13.3. The predicted octanol–water partition coefficient (Wildman–Crippen LogP) is 14.2. The first kappa shape index (κ1) is 34.9. The number of fused-ring (bicyclic) bond motifs is 3. The summed E-state index contributed by atoms with van der Waals surface area (Å²) in [6, 6.07) is 73.8. The topological polar surface area (TPSA) is 62.5 Å². The molecule has 1 heterocycles. The highest BCUT2D eigenvalue weighted by atomic mass is 15.0. The van der Waals surface area contributed by atoms with Gasteiger partial charge in [0, 0.05) is 22.3 Å². The molecule has 0 saturated carbocycles. The van der Waals surface area contributed by atoms with Crippen LogP contribution in [0.4, 0.5) is 0 Å². The minimum atomic E-state index is 0.571. The number of benzene rings is 9. The Morgan fingerprint density at radius 3 is 1.25 bits per heavy atom. The Bertz CT molecular complexity index is 3240. The molecule has 1 aromatic heterocycles. The SMILES string of the molecule is N#Cc1cccc(-c2ccccc2-c2ccc3c4c(cccc24)-c2ccccc2-3)c1-c1ccccc1-c1ccccc1-c1nc(-c2ccccc2)nc(-c2ccccc2)n1. The van der Waals surface area contributed by atoms with Crippen LogP contribution in [-0.4, -0.2) is 15.0 Å². The van der Waals surface area contributed by atoms with Gasteiger partial charge in [0.1, 0.15) is 0 Å². The Morgan fingerprint density at radius 1 is 0.283 bits per heavy atom. The molecule has 60 heavy (non-hydrogen) atoms. The molecule has 1 aliphatic carbocycles. The molecular weight excluding hydrogens is 729 g/mol. The van der Waals surface area contributed by atoms with Gasteiger partial charge in [-0.1, -0.05) is 200 Å². The molecular formula is C56H34N4. The summed E-state index contributed by atoms with van der Waals surface area (Å²) < 4.78 is 0. The fourth-order valence-corrected chi connectivity index (χ4v) is 8.93. The highest BCUT2D eigenvalue weighted by Gasteiger charge is 2.25. The van der Waals surface area contributed by atoms with Crippen molar-refractivity contribution in [3.63, 3.8) is 0 Å². The van der Waals surface area contributed by atoms with Crippen LogP contribution in [0, 0.1) is 11.3 Å². The molecule has 0 bridgehead atoms. The maximum absolute atomic E-state index is 10.8. The Kier molecular flexibility index (Phi) is 8.50. The second kappa shape index (κ2) is 14.6. The van der Waals surface area contributed by atoms with Crippen LogP contribution < -0.4 is 0 Å². The zero-order valence-electron chi connectivity index (χ0n) is 32.4. The van der Waals surface area contributed by atoms with Crippen LogP contribution in [-0.2, 0) is 0 Å². The van der Waals surface area contributed by atoms with Gasteiger partial charge in [-0.15, -0.1) is 0 Å². The van der Waals surface area contributed by atoms with Crippen molar-refractivity contribution in [1.82, 2.24) is 15.0 Å². The van der Waals surface area contributed by atoms with E-state index < -0.39 is 0 Å². The van der Waals surface area contributed by atoms with Crippen LogP contribution in [0.2, 0.25) is 0 Å². The molecule has 0 saturated heterocycles. The van der Waals surface area contributed by atoms with Gasteiger partial charge in [-0.3, -0.25) is 0 Å². The van der Waals surface area contributed by atoms with E-state index in [1.54, 1.807) is 0 Å². The standard InChI is InChI=1S/C56H34N4/c57-35-38-21-15-30-47(40-23-8-7-22-39(40)45-33-34-50-42-25-10-9-24-41(42)48-31-16-32-49(45)53(48)50)52(38)46-28-13-11-26-43(46)44-27-12-14-29-51(44)56-59-54(36-17-3-1-4-18-36)58-55(60-56)37-19-5-2-6-20-37/h1-34H. The van der Waals surface area contributed by atoms with Crippen molar-refractivity contribution in [2.75, 3.05) is 0 Å². The third-order valence-electron chi connectivity index (χ3n) is 11.6. The summed E-state index contributed by atoms with van der Waals surface area (Å²) in [7, 11) is 0. The zero-order chi connectivity index (χ0) is 40.0. The maximum Gasteiger partial charge on any atom is 0.164 e. The number of hydrogen-bond donors (Lipinski definition) is 0. The highest BCUT2D eigenvalue weighted by molar-refractivity contribution is 6.19. The van der Waals surface area contributed by atoms with Crippen molar-refractivity contribution in [1.29, 1.82) is 5.26 Å². The first-order valence-electron chi connectivity index (χ1n) is 20.1. The third kappa shape index (κ3) is 5.80. The lowest BCUT2D eigenvalue weighted by Gasteiger charge is -2.20. The largest absolute Gasteiger partial charge is 0.208 e. The lowest BCUT2D eigenvalue weighted by molar-refractivity contribution is 1.07. The Labute approximate surface area is 348 Å². The van der Waals surface area contributed by atoms with E-state index in [4.69, 9.17) is 15.0 Å². The van der Waals surface area contributed by atoms with Gasteiger partial charge in [-0.2, -0.15) is 5.26 Å². The summed E-state index contributed by atoms with van der Waals surface area (Å²) >= 11 is 0. The molecule has 1 aliphatic rings. The second-order valence-electron chi connectivity index (χ2n) is 14.9. The van der Waals surface area contributed by atoms with Crippen LogP contribution in [0.25, 0.3) is 112 Å². The summed E-state index contributed by atoms with van der Waals surface area (Å²) in [6.07, 6.45) is 0. The molecule has 10 aromatic rings. The average Bonchev–Trinajstić information content (AvgIpc) is 3.66. The minimum Gasteiger partial charge on any atom is -0.208 e. The monoisotopic (exact) mass is 762 g/mol. The fraction of sp³-hybridized carbons (Fsp3) is 0. The zero-order valence-corrected chi connectivity index (χ0v) is 32.4. The first-order valence-corrected chi connectivity index (χ1v) is 20.1. The Hall–Kier alpha value is -8.26. The lowest BCUT2D eigenvalue weighted by Crippen LogP contribution is -2.01. The quantitative estimate of drug-likeness (QED) is 0.162. The smallest absolute Gasteiger partial charge is 0.164 e. The molecule has 4 heteroatoms. The summed E-state index contributed by atoms with van der Waals surface area (Å²) in [6.45, 7) is 0. The van der Waals surface area contributed by atoms with E-state index in [1.807, 2.05) is 84.9 Å². The molecule has 4 nitrogen and oxygen atoms in total. The lowest BCUT2D eigenvalue weighted by atomic mass is 9.83. The molecule has 278 valence electrons. The summed E-state index contributed by atoms with van der Waals surface area (Å²) in [4.78, 5) is 15.2. The van der Waals surface area contributed by atoms with Crippen molar-refractivity contribution >= 4 is 10.8 Å². The van der Waals surface area contributed by atoms with Gasteiger partial charge in [0.15, 0.2) is 17.5 Å².